The van der Waals surface area contributed by atoms with E-state index in [0.717, 1.165) is 31.8 Å². The molecule has 1 N–H and O–H groups in total. The molecule has 0 aromatic heterocycles. The molecule has 1 rings (SSSR count). The van der Waals surface area contributed by atoms with Crippen LogP contribution in [0.3, 0.4) is 0 Å². The number of carbonyl (C=O) groups is 1. The number of carbonyl (C=O) groups excluding carboxylic acids is 1. The van der Waals surface area contributed by atoms with E-state index in [1.54, 1.807) is 6.08 Å². The molecule has 5 heteroatoms. The van der Waals surface area contributed by atoms with E-state index in [1.807, 2.05) is 13.0 Å². The third kappa shape index (κ3) is 6.86. The lowest BCUT2D eigenvalue weighted by atomic mass is 10.0. The van der Waals surface area contributed by atoms with Gasteiger partial charge < -0.3 is 5.32 Å². The number of nitrogens with zero attached hydrogens (tertiary/aromatic N) is 3. The van der Waals surface area contributed by atoms with Gasteiger partial charge in [0.25, 0.3) is 0 Å². The lowest BCUT2D eigenvalue weighted by molar-refractivity contribution is -0.117. The number of hydrogen-bond donors (Lipinski definition) is 1. The molecule has 1 unspecified atom stereocenters. The molecule has 0 spiro atoms. The second kappa shape index (κ2) is 9.61. The minimum absolute atomic E-state index is 0.0889. The zero-order valence-corrected chi connectivity index (χ0v) is 15.6. The lowest BCUT2D eigenvalue weighted by Crippen LogP contribution is -2.58. The predicted molar refractivity (Wildman–Crippen MR) is 98.5 cm³/mol. The van der Waals surface area contributed by atoms with Crippen LogP contribution in [0.1, 0.15) is 40.5 Å². The zero-order chi connectivity index (χ0) is 18.2. The Morgan fingerprint density at radius 1 is 1.42 bits per heavy atom. The molecular formula is C19H32N4O. The number of piperazine rings is 1. The molecule has 0 radical (unpaired) electrons. The smallest absolute Gasteiger partial charge is 0.169 e. The van der Waals surface area contributed by atoms with Gasteiger partial charge in [-0.25, -0.2) is 0 Å². The molecule has 1 aliphatic rings. The first-order valence-electron chi connectivity index (χ1n) is 8.75. The largest absolute Gasteiger partial charge is 0.385 e. The Morgan fingerprint density at radius 2 is 2.12 bits per heavy atom. The molecule has 0 amide bonds. The lowest BCUT2D eigenvalue weighted by Gasteiger charge is -2.46. The number of ketones is 1. The van der Waals surface area contributed by atoms with Gasteiger partial charge in [0, 0.05) is 43.5 Å². The molecule has 0 aromatic rings. The van der Waals surface area contributed by atoms with E-state index in [4.69, 9.17) is 5.26 Å². The van der Waals surface area contributed by atoms with Crippen molar-refractivity contribution in [1.82, 2.24) is 15.1 Å². The maximum Gasteiger partial charge on any atom is 0.169 e. The van der Waals surface area contributed by atoms with Crippen molar-refractivity contribution >= 4 is 5.78 Å². The summed E-state index contributed by atoms with van der Waals surface area (Å²) in [5.41, 5.74) is 1.07. The van der Waals surface area contributed by atoms with E-state index in [-0.39, 0.29) is 17.4 Å². The van der Waals surface area contributed by atoms with Crippen molar-refractivity contribution in [3.8, 4) is 6.07 Å². The van der Waals surface area contributed by atoms with E-state index < -0.39 is 0 Å². The molecule has 1 aliphatic heterocycles. The third-order valence-corrected chi connectivity index (χ3v) is 4.44. The molecule has 1 fully saturated rings. The van der Waals surface area contributed by atoms with Crippen molar-refractivity contribution in [2.24, 2.45) is 0 Å². The normalized spacial score (nSPS) is 20.0. The Hall–Kier alpha value is -1.64. The number of nitrogens with one attached hydrogen (secondary N) is 1. The topological polar surface area (TPSA) is 59.4 Å². The van der Waals surface area contributed by atoms with Gasteiger partial charge in [0.05, 0.1) is 19.0 Å². The SMILES string of the molecule is C=C(CC)NC/C=C/C(=O)CN1CCN(C(C)(C)C)CC1CC#N. The van der Waals surface area contributed by atoms with Crippen LogP contribution in [0.4, 0.5) is 0 Å². The van der Waals surface area contributed by atoms with Gasteiger partial charge >= 0.3 is 0 Å². The summed E-state index contributed by atoms with van der Waals surface area (Å²) in [4.78, 5) is 16.7. The van der Waals surface area contributed by atoms with E-state index in [9.17, 15) is 4.79 Å². The van der Waals surface area contributed by atoms with E-state index >= 15 is 0 Å². The van der Waals surface area contributed by atoms with E-state index in [1.165, 1.54) is 0 Å². The monoisotopic (exact) mass is 332 g/mol. The van der Waals surface area contributed by atoms with Gasteiger partial charge in [0.2, 0.25) is 0 Å². The number of rotatable bonds is 8. The summed E-state index contributed by atoms with van der Waals surface area (Å²) in [6.45, 7) is 16.1. The van der Waals surface area contributed by atoms with Crippen molar-refractivity contribution in [1.29, 1.82) is 5.26 Å². The highest BCUT2D eigenvalue weighted by Gasteiger charge is 2.32. The molecule has 0 aromatic carbocycles. The van der Waals surface area contributed by atoms with Crippen LogP contribution in [0.15, 0.2) is 24.4 Å². The average Bonchev–Trinajstić information content (AvgIpc) is 2.52. The van der Waals surface area contributed by atoms with Crippen LogP contribution in [-0.4, -0.2) is 59.9 Å². The van der Waals surface area contributed by atoms with E-state index in [0.29, 0.717) is 19.5 Å². The highest BCUT2D eigenvalue weighted by Crippen LogP contribution is 2.20. The van der Waals surface area contributed by atoms with Gasteiger partial charge in [-0.05, 0) is 33.3 Å². The van der Waals surface area contributed by atoms with Gasteiger partial charge in [0.15, 0.2) is 5.78 Å². The summed E-state index contributed by atoms with van der Waals surface area (Å²) >= 11 is 0. The first kappa shape index (κ1) is 20.4. The summed E-state index contributed by atoms with van der Waals surface area (Å²) in [6.07, 6.45) is 4.82. The summed E-state index contributed by atoms with van der Waals surface area (Å²) in [6, 6.07) is 2.39. The summed E-state index contributed by atoms with van der Waals surface area (Å²) < 4.78 is 0. The summed E-state index contributed by atoms with van der Waals surface area (Å²) in [5, 5.41) is 12.2. The first-order chi connectivity index (χ1) is 11.3. The Balaban J connectivity index is 2.53. The average molecular weight is 332 g/mol. The minimum atomic E-state index is 0.0889. The van der Waals surface area contributed by atoms with Crippen molar-refractivity contribution < 1.29 is 4.79 Å². The molecule has 1 atom stereocenters. The van der Waals surface area contributed by atoms with Gasteiger partial charge in [0.1, 0.15) is 0 Å². The predicted octanol–water partition coefficient (Wildman–Crippen LogP) is 2.32. The Morgan fingerprint density at radius 3 is 2.71 bits per heavy atom. The van der Waals surface area contributed by atoms with Crippen LogP contribution in [-0.2, 0) is 4.79 Å². The van der Waals surface area contributed by atoms with Crippen LogP contribution < -0.4 is 5.32 Å². The second-order valence-corrected chi connectivity index (χ2v) is 7.31. The Labute approximate surface area is 147 Å². The zero-order valence-electron chi connectivity index (χ0n) is 15.6. The first-order valence-corrected chi connectivity index (χ1v) is 8.75. The van der Waals surface area contributed by atoms with Crippen LogP contribution in [0.5, 0.6) is 0 Å². The van der Waals surface area contributed by atoms with E-state index in [2.05, 4.69) is 48.5 Å². The molecular weight excluding hydrogens is 300 g/mol. The molecule has 24 heavy (non-hydrogen) atoms. The van der Waals surface area contributed by atoms with Gasteiger partial charge in [-0.2, -0.15) is 5.26 Å². The molecule has 0 aliphatic carbocycles. The summed E-state index contributed by atoms with van der Waals surface area (Å²) in [7, 11) is 0. The molecule has 0 saturated carbocycles. The Bertz CT molecular complexity index is 498. The molecule has 1 heterocycles. The molecule has 1 saturated heterocycles. The fraction of sp³-hybridized carbons (Fsp3) is 0.684. The summed E-state index contributed by atoms with van der Waals surface area (Å²) in [5.74, 6) is 0.0889. The third-order valence-electron chi connectivity index (χ3n) is 4.44. The van der Waals surface area contributed by atoms with Crippen LogP contribution in [0.25, 0.3) is 0 Å². The maximum atomic E-state index is 12.2. The fourth-order valence-corrected chi connectivity index (χ4v) is 2.78. The van der Waals surface area contributed by atoms with Crippen LogP contribution >= 0.6 is 0 Å². The molecule has 134 valence electrons. The fourth-order valence-electron chi connectivity index (χ4n) is 2.78. The number of allylic oxidation sites excluding steroid dienone is 1. The Kier molecular flexibility index (Phi) is 8.17. The second-order valence-electron chi connectivity index (χ2n) is 7.31. The highest BCUT2D eigenvalue weighted by atomic mass is 16.1. The van der Waals surface area contributed by atoms with Crippen LogP contribution in [0, 0.1) is 11.3 Å². The highest BCUT2D eigenvalue weighted by molar-refractivity contribution is 5.91. The van der Waals surface area contributed by atoms with Gasteiger partial charge in [-0.1, -0.05) is 19.6 Å². The maximum absolute atomic E-state index is 12.2. The molecule has 0 bridgehead atoms. The van der Waals surface area contributed by atoms with Gasteiger partial charge in [-0.15, -0.1) is 0 Å². The van der Waals surface area contributed by atoms with Crippen molar-refractivity contribution in [2.75, 3.05) is 32.7 Å². The van der Waals surface area contributed by atoms with Crippen molar-refractivity contribution in [3.05, 3.63) is 24.4 Å². The number of nitriles is 1. The minimum Gasteiger partial charge on any atom is -0.385 e. The van der Waals surface area contributed by atoms with Gasteiger partial charge in [-0.3, -0.25) is 14.6 Å². The van der Waals surface area contributed by atoms with Crippen LogP contribution in [0.2, 0.25) is 0 Å². The molecule has 5 nitrogen and oxygen atoms in total. The quantitative estimate of drug-likeness (QED) is 0.691. The standard InChI is InChI=1S/C19H32N4O/c1-6-16(2)21-11-7-8-18(24)15-22-12-13-23(19(3,4)5)14-17(22)9-10-20/h7-8,17,21H,2,6,9,11-15H2,1,3-5H3/b8-7+. The van der Waals surface area contributed by atoms with Crippen molar-refractivity contribution in [2.45, 2.75) is 52.1 Å². The number of hydrogen-bond acceptors (Lipinski definition) is 5. The van der Waals surface area contributed by atoms with Crippen molar-refractivity contribution in [3.63, 3.8) is 0 Å².